The Morgan fingerprint density at radius 1 is 1.32 bits per heavy atom. The first-order chi connectivity index (χ1) is 8.84. The average Bonchev–Trinajstić information content (AvgIpc) is 3.08. The molecule has 8 heteroatoms. The van der Waals surface area contributed by atoms with E-state index in [0.717, 1.165) is 12.8 Å². The minimum Gasteiger partial charge on any atom is -0.399 e. The Kier molecular flexibility index (Phi) is 3.63. The highest BCUT2D eigenvalue weighted by Crippen LogP contribution is 2.20. The van der Waals surface area contributed by atoms with Crippen molar-refractivity contribution in [1.29, 1.82) is 0 Å². The first-order valence-electron chi connectivity index (χ1n) is 5.81. The number of carbonyl (C=O) groups is 1. The number of sulfonamides is 1. The molecule has 1 amide bonds. The first-order valence-corrected chi connectivity index (χ1v) is 7.36. The van der Waals surface area contributed by atoms with E-state index in [0.29, 0.717) is 5.69 Å². The van der Waals surface area contributed by atoms with E-state index in [-0.39, 0.29) is 29.1 Å². The third-order valence-corrected chi connectivity index (χ3v) is 3.55. The summed E-state index contributed by atoms with van der Waals surface area (Å²) in [7, 11) is -3.82. The zero-order chi connectivity index (χ0) is 14.0. The van der Waals surface area contributed by atoms with Crippen LogP contribution < -0.4 is 21.5 Å². The molecule has 0 radical (unpaired) electrons. The number of nitrogens with one attached hydrogen (secondary N) is 2. The molecule has 1 aliphatic rings. The van der Waals surface area contributed by atoms with Gasteiger partial charge in [-0.1, -0.05) is 0 Å². The summed E-state index contributed by atoms with van der Waals surface area (Å²) >= 11 is 0. The third-order valence-electron chi connectivity index (χ3n) is 2.65. The lowest BCUT2D eigenvalue weighted by Crippen LogP contribution is -2.31. The van der Waals surface area contributed by atoms with Gasteiger partial charge in [0.15, 0.2) is 0 Å². The standard InChI is InChI=1S/C11H16N4O3S/c12-7-3-9(5-10(4-7)19(13,17)18)14-6-11(16)15-8-1-2-8/h3-5,8,14H,1-2,6,12H2,(H,15,16)(H2,13,17,18). The van der Waals surface area contributed by atoms with Gasteiger partial charge in [0.2, 0.25) is 15.9 Å². The first kappa shape index (κ1) is 13.6. The Balaban J connectivity index is 2.03. The molecule has 0 saturated heterocycles. The van der Waals surface area contributed by atoms with Crippen LogP contribution in [0.1, 0.15) is 12.8 Å². The number of carbonyl (C=O) groups excluding carboxylic acids is 1. The van der Waals surface area contributed by atoms with Gasteiger partial charge in [0.25, 0.3) is 0 Å². The van der Waals surface area contributed by atoms with Crippen LogP contribution >= 0.6 is 0 Å². The summed E-state index contributed by atoms with van der Waals surface area (Å²) < 4.78 is 22.5. The quantitative estimate of drug-likeness (QED) is 0.547. The molecule has 0 heterocycles. The largest absolute Gasteiger partial charge is 0.399 e. The van der Waals surface area contributed by atoms with Gasteiger partial charge in [0.05, 0.1) is 11.4 Å². The number of hydrogen-bond donors (Lipinski definition) is 4. The van der Waals surface area contributed by atoms with E-state index in [9.17, 15) is 13.2 Å². The summed E-state index contributed by atoms with van der Waals surface area (Å²) in [6.07, 6.45) is 2.03. The molecule has 2 rings (SSSR count). The van der Waals surface area contributed by atoms with Crippen LogP contribution in [0.2, 0.25) is 0 Å². The molecule has 0 unspecified atom stereocenters. The van der Waals surface area contributed by atoms with Crippen molar-refractivity contribution in [3.05, 3.63) is 18.2 Å². The zero-order valence-electron chi connectivity index (χ0n) is 10.2. The van der Waals surface area contributed by atoms with Crippen LogP contribution in [0.15, 0.2) is 23.1 Å². The van der Waals surface area contributed by atoms with Crippen molar-refractivity contribution in [1.82, 2.24) is 5.32 Å². The lowest BCUT2D eigenvalue weighted by molar-refractivity contribution is -0.119. The van der Waals surface area contributed by atoms with Gasteiger partial charge in [-0.3, -0.25) is 4.79 Å². The number of anilines is 2. The SMILES string of the molecule is Nc1cc(NCC(=O)NC2CC2)cc(S(N)(=O)=O)c1. The van der Waals surface area contributed by atoms with Crippen molar-refractivity contribution < 1.29 is 13.2 Å². The molecule has 0 aromatic heterocycles. The molecule has 1 aliphatic carbocycles. The van der Waals surface area contributed by atoms with Gasteiger partial charge in [0, 0.05) is 17.4 Å². The molecule has 6 N–H and O–H groups in total. The van der Waals surface area contributed by atoms with Crippen LogP contribution in [0, 0.1) is 0 Å². The van der Waals surface area contributed by atoms with E-state index in [1.54, 1.807) is 6.07 Å². The van der Waals surface area contributed by atoms with E-state index in [1.165, 1.54) is 12.1 Å². The monoisotopic (exact) mass is 284 g/mol. The van der Waals surface area contributed by atoms with Gasteiger partial charge < -0.3 is 16.4 Å². The van der Waals surface area contributed by atoms with Gasteiger partial charge in [-0.2, -0.15) is 0 Å². The lowest BCUT2D eigenvalue weighted by atomic mass is 10.3. The summed E-state index contributed by atoms with van der Waals surface area (Å²) in [5.74, 6) is -0.137. The Hall–Kier alpha value is -1.80. The predicted molar refractivity (Wildman–Crippen MR) is 71.9 cm³/mol. The summed E-state index contributed by atoms with van der Waals surface area (Å²) in [6, 6.07) is 4.44. The molecule has 19 heavy (non-hydrogen) atoms. The van der Waals surface area contributed by atoms with Gasteiger partial charge in [0.1, 0.15) is 0 Å². The molecular weight excluding hydrogens is 268 g/mol. The molecular formula is C11H16N4O3S. The molecule has 104 valence electrons. The smallest absolute Gasteiger partial charge is 0.239 e. The third kappa shape index (κ3) is 4.11. The van der Waals surface area contributed by atoms with Crippen LogP contribution in [-0.2, 0) is 14.8 Å². The second-order valence-corrected chi connectivity index (χ2v) is 6.09. The minimum atomic E-state index is -3.82. The molecule has 1 aromatic rings. The maximum atomic E-state index is 11.5. The van der Waals surface area contributed by atoms with Gasteiger partial charge in [-0.15, -0.1) is 0 Å². The van der Waals surface area contributed by atoms with Crippen LogP contribution in [0.4, 0.5) is 11.4 Å². The number of benzene rings is 1. The van der Waals surface area contributed by atoms with E-state index < -0.39 is 10.0 Å². The maximum absolute atomic E-state index is 11.5. The molecule has 0 bridgehead atoms. The number of nitrogens with two attached hydrogens (primary N) is 2. The van der Waals surface area contributed by atoms with Crippen LogP contribution in [0.3, 0.4) is 0 Å². The predicted octanol–water partition coefficient (Wildman–Crippen LogP) is -0.393. The highest BCUT2D eigenvalue weighted by atomic mass is 32.2. The average molecular weight is 284 g/mol. The number of primary sulfonamides is 1. The Labute approximate surface area is 111 Å². The summed E-state index contributed by atoms with van der Waals surface area (Å²) in [5.41, 5.74) is 6.29. The van der Waals surface area contributed by atoms with Crippen LogP contribution in [-0.4, -0.2) is 26.9 Å². The number of hydrogen-bond acceptors (Lipinski definition) is 5. The van der Waals surface area contributed by atoms with Crippen molar-refractivity contribution in [2.24, 2.45) is 5.14 Å². The van der Waals surface area contributed by atoms with E-state index in [2.05, 4.69) is 10.6 Å². The van der Waals surface area contributed by atoms with Gasteiger partial charge >= 0.3 is 0 Å². The summed E-state index contributed by atoms with van der Waals surface area (Å²) in [5, 5.41) is 10.7. The normalized spacial score (nSPS) is 15.0. The maximum Gasteiger partial charge on any atom is 0.239 e. The van der Waals surface area contributed by atoms with E-state index in [1.807, 2.05) is 0 Å². The van der Waals surface area contributed by atoms with Gasteiger partial charge in [-0.25, -0.2) is 13.6 Å². The van der Waals surface area contributed by atoms with Crippen molar-refractivity contribution in [3.63, 3.8) is 0 Å². The molecule has 1 saturated carbocycles. The van der Waals surface area contributed by atoms with Crippen LogP contribution in [0.5, 0.6) is 0 Å². The molecule has 7 nitrogen and oxygen atoms in total. The fraction of sp³-hybridized carbons (Fsp3) is 0.364. The number of nitrogen functional groups attached to an aromatic ring is 1. The number of amides is 1. The van der Waals surface area contributed by atoms with E-state index >= 15 is 0 Å². The highest BCUT2D eigenvalue weighted by molar-refractivity contribution is 7.89. The summed E-state index contributed by atoms with van der Waals surface area (Å²) in [4.78, 5) is 11.4. The zero-order valence-corrected chi connectivity index (χ0v) is 11.0. The van der Waals surface area contributed by atoms with Gasteiger partial charge in [-0.05, 0) is 31.0 Å². The van der Waals surface area contributed by atoms with E-state index in [4.69, 9.17) is 10.9 Å². The Bertz CT molecular complexity index is 596. The Morgan fingerprint density at radius 2 is 2.00 bits per heavy atom. The van der Waals surface area contributed by atoms with Crippen molar-refractivity contribution >= 4 is 27.3 Å². The molecule has 0 aliphatic heterocycles. The van der Waals surface area contributed by atoms with Crippen molar-refractivity contribution in [3.8, 4) is 0 Å². The fourth-order valence-electron chi connectivity index (χ4n) is 1.58. The molecule has 0 spiro atoms. The minimum absolute atomic E-state index is 0.0595. The lowest BCUT2D eigenvalue weighted by Gasteiger charge is -2.09. The van der Waals surface area contributed by atoms with Crippen molar-refractivity contribution in [2.75, 3.05) is 17.6 Å². The van der Waals surface area contributed by atoms with Crippen molar-refractivity contribution in [2.45, 2.75) is 23.8 Å². The van der Waals surface area contributed by atoms with Crippen LogP contribution in [0.25, 0.3) is 0 Å². The molecule has 1 aromatic carbocycles. The topological polar surface area (TPSA) is 127 Å². The Morgan fingerprint density at radius 3 is 2.58 bits per heavy atom. The summed E-state index contributed by atoms with van der Waals surface area (Å²) in [6.45, 7) is 0.0595. The highest BCUT2D eigenvalue weighted by Gasteiger charge is 2.22. The number of rotatable bonds is 5. The molecule has 0 atom stereocenters. The fourth-order valence-corrected chi connectivity index (χ4v) is 2.17. The second kappa shape index (κ2) is 5.06. The second-order valence-electron chi connectivity index (χ2n) is 4.53. The molecule has 1 fully saturated rings.